The number of carbonyl (C=O) groups is 1. The predicted octanol–water partition coefficient (Wildman–Crippen LogP) is 3.72. The lowest BCUT2D eigenvalue weighted by Gasteiger charge is -2.31. The molecule has 1 fully saturated rings. The van der Waals surface area contributed by atoms with Crippen molar-refractivity contribution in [1.29, 1.82) is 0 Å². The number of piperidine rings is 1. The highest BCUT2D eigenvalue weighted by molar-refractivity contribution is 5.78. The van der Waals surface area contributed by atoms with Gasteiger partial charge in [-0.1, -0.05) is 72.8 Å². The zero-order valence-corrected chi connectivity index (χ0v) is 18.9. The number of rotatable bonds is 8. The normalized spacial score (nSPS) is 18.2. The second-order valence-corrected chi connectivity index (χ2v) is 8.80. The third-order valence-corrected chi connectivity index (χ3v) is 6.28. The van der Waals surface area contributed by atoms with Crippen molar-refractivity contribution < 1.29 is 14.4 Å². The molecular weight excluding hydrogens is 396 g/mol. The van der Waals surface area contributed by atoms with Crippen molar-refractivity contribution in [2.45, 2.75) is 32.5 Å². The molecule has 1 aliphatic heterocycles. The number of ether oxygens (including phenoxy) is 1. The fourth-order valence-electron chi connectivity index (χ4n) is 4.47. The summed E-state index contributed by atoms with van der Waals surface area (Å²) in [5.41, 5.74) is 3.64. The van der Waals surface area contributed by atoms with E-state index in [1.807, 2.05) is 54.4 Å². The summed E-state index contributed by atoms with van der Waals surface area (Å²) in [5, 5.41) is 0. The highest BCUT2D eigenvalue weighted by Gasteiger charge is 2.29. The molecule has 0 saturated carbocycles. The molecule has 32 heavy (non-hydrogen) atoms. The first-order valence-electron chi connectivity index (χ1n) is 11.6. The summed E-state index contributed by atoms with van der Waals surface area (Å²) in [6.45, 7) is 4.31. The van der Waals surface area contributed by atoms with Gasteiger partial charge in [-0.25, -0.2) is 0 Å². The Balaban J connectivity index is 1.24. The van der Waals surface area contributed by atoms with Crippen LogP contribution in [0.3, 0.4) is 0 Å². The molecular formula is C28H33N2O2+. The van der Waals surface area contributed by atoms with Crippen molar-refractivity contribution in [2.75, 3.05) is 20.1 Å². The summed E-state index contributed by atoms with van der Waals surface area (Å²) in [5.74, 6) is 1.34. The van der Waals surface area contributed by atoms with Crippen LogP contribution in [0, 0.1) is 5.92 Å². The van der Waals surface area contributed by atoms with Crippen LogP contribution in [0.5, 0.6) is 5.75 Å². The van der Waals surface area contributed by atoms with Gasteiger partial charge in [0.1, 0.15) is 18.9 Å². The first-order chi connectivity index (χ1) is 15.7. The van der Waals surface area contributed by atoms with E-state index in [9.17, 15) is 4.79 Å². The molecule has 1 N–H and O–H groups in total. The Morgan fingerprint density at radius 2 is 1.50 bits per heavy atom. The number of carbonyl (C=O) groups excluding carboxylic acids is 1. The van der Waals surface area contributed by atoms with Gasteiger partial charge in [-0.15, -0.1) is 0 Å². The second kappa shape index (κ2) is 11.0. The summed E-state index contributed by atoms with van der Waals surface area (Å²) >= 11 is 0. The summed E-state index contributed by atoms with van der Waals surface area (Å²) < 4.78 is 5.99. The number of quaternary nitrogens is 1. The van der Waals surface area contributed by atoms with Gasteiger partial charge in [0.2, 0.25) is 5.91 Å². The van der Waals surface area contributed by atoms with Crippen LogP contribution in [-0.4, -0.2) is 30.9 Å². The van der Waals surface area contributed by atoms with Crippen LogP contribution in [-0.2, 0) is 24.5 Å². The van der Waals surface area contributed by atoms with Crippen LogP contribution in [0.25, 0.3) is 0 Å². The smallest absolute Gasteiger partial charge is 0.226 e. The first kappa shape index (κ1) is 22.1. The molecule has 0 radical (unpaired) electrons. The molecule has 4 nitrogen and oxygen atoms in total. The van der Waals surface area contributed by atoms with Crippen molar-refractivity contribution in [2.24, 2.45) is 5.92 Å². The second-order valence-electron chi connectivity index (χ2n) is 8.80. The zero-order chi connectivity index (χ0) is 22.2. The van der Waals surface area contributed by atoms with E-state index in [0.717, 1.165) is 38.2 Å². The minimum absolute atomic E-state index is 0.146. The monoisotopic (exact) mass is 429 g/mol. The maximum atomic E-state index is 12.9. The van der Waals surface area contributed by atoms with Crippen LogP contribution >= 0.6 is 0 Å². The maximum Gasteiger partial charge on any atom is 0.226 e. The van der Waals surface area contributed by atoms with Gasteiger partial charge in [0.05, 0.1) is 13.1 Å². The lowest BCUT2D eigenvalue weighted by Crippen LogP contribution is -3.11. The molecule has 0 aromatic heterocycles. The average molecular weight is 430 g/mol. The predicted molar refractivity (Wildman–Crippen MR) is 127 cm³/mol. The van der Waals surface area contributed by atoms with E-state index >= 15 is 0 Å². The fourth-order valence-corrected chi connectivity index (χ4v) is 4.47. The Labute approximate surface area is 191 Å². The summed E-state index contributed by atoms with van der Waals surface area (Å²) in [4.78, 5) is 16.3. The third-order valence-electron chi connectivity index (χ3n) is 6.28. The van der Waals surface area contributed by atoms with E-state index < -0.39 is 0 Å². The molecule has 1 heterocycles. The van der Waals surface area contributed by atoms with Gasteiger partial charge in [-0.05, 0) is 23.3 Å². The molecule has 0 aliphatic carbocycles. The summed E-state index contributed by atoms with van der Waals surface area (Å²) in [6.07, 6.45) is 1.91. The van der Waals surface area contributed by atoms with Gasteiger partial charge in [0, 0.05) is 37.9 Å². The minimum Gasteiger partial charge on any atom is -0.489 e. The van der Waals surface area contributed by atoms with Crippen molar-refractivity contribution in [1.82, 2.24) is 4.90 Å². The van der Waals surface area contributed by atoms with Crippen molar-refractivity contribution in [3.8, 4) is 5.75 Å². The molecule has 0 atom stereocenters. The Bertz CT molecular complexity index is 983. The van der Waals surface area contributed by atoms with Gasteiger partial charge >= 0.3 is 0 Å². The van der Waals surface area contributed by atoms with Crippen LogP contribution in [0.4, 0.5) is 0 Å². The van der Waals surface area contributed by atoms with Crippen LogP contribution in [0.2, 0.25) is 0 Å². The SMILES string of the molecule is CN(Cc1ccccc1)C(=O)C1CC[NH+](Cc2cccc(OCc3ccccc3)c2)CC1. The highest BCUT2D eigenvalue weighted by Crippen LogP contribution is 2.17. The highest BCUT2D eigenvalue weighted by atomic mass is 16.5. The number of benzene rings is 3. The summed E-state index contributed by atoms with van der Waals surface area (Å²) in [7, 11) is 1.93. The zero-order valence-electron chi connectivity index (χ0n) is 18.9. The van der Waals surface area contributed by atoms with Crippen molar-refractivity contribution in [3.05, 3.63) is 102 Å². The molecule has 3 aromatic rings. The molecule has 1 aliphatic rings. The van der Waals surface area contributed by atoms with Crippen LogP contribution < -0.4 is 9.64 Å². The van der Waals surface area contributed by atoms with E-state index in [4.69, 9.17) is 4.74 Å². The molecule has 1 saturated heterocycles. The van der Waals surface area contributed by atoms with E-state index in [1.165, 1.54) is 16.7 Å². The molecule has 1 amide bonds. The van der Waals surface area contributed by atoms with Gasteiger partial charge in [-0.2, -0.15) is 0 Å². The maximum absolute atomic E-state index is 12.9. The lowest BCUT2D eigenvalue weighted by molar-refractivity contribution is -0.919. The Kier molecular flexibility index (Phi) is 7.57. The van der Waals surface area contributed by atoms with Gasteiger partial charge in [0.25, 0.3) is 0 Å². The summed E-state index contributed by atoms with van der Waals surface area (Å²) in [6, 6.07) is 28.9. The van der Waals surface area contributed by atoms with Crippen LogP contribution in [0.1, 0.15) is 29.5 Å². The average Bonchev–Trinajstić information content (AvgIpc) is 2.84. The molecule has 0 spiro atoms. The van der Waals surface area contributed by atoms with E-state index in [-0.39, 0.29) is 11.8 Å². The van der Waals surface area contributed by atoms with Crippen molar-refractivity contribution >= 4 is 5.91 Å². The number of amides is 1. The van der Waals surface area contributed by atoms with E-state index in [1.54, 1.807) is 4.90 Å². The standard InChI is InChI=1S/C28H32N2O2/c1-29(20-23-9-4-2-5-10-23)28(31)26-15-17-30(18-16-26)21-25-13-8-14-27(19-25)32-22-24-11-6-3-7-12-24/h2-14,19,26H,15-18,20-22H2,1H3/p+1. The number of nitrogens with zero attached hydrogens (tertiary/aromatic N) is 1. The van der Waals surface area contributed by atoms with Crippen molar-refractivity contribution in [3.63, 3.8) is 0 Å². The van der Waals surface area contributed by atoms with E-state index in [2.05, 4.69) is 42.5 Å². The molecule has 3 aromatic carbocycles. The first-order valence-corrected chi connectivity index (χ1v) is 11.6. The molecule has 166 valence electrons. The molecule has 4 heteroatoms. The Hall–Kier alpha value is -3.11. The minimum atomic E-state index is 0.146. The molecule has 0 unspecified atom stereocenters. The van der Waals surface area contributed by atoms with Gasteiger partial charge < -0.3 is 14.5 Å². The quantitative estimate of drug-likeness (QED) is 0.592. The molecule has 4 rings (SSSR count). The van der Waals surface area contributed by atoms with Gasteiger partial charge in [-0.3, -0.25) is 4.79 Å². The number of hydrogen-bond donors (Lipinski definition) is 1. The number of hydrogen-bond acceptors (Lipinski definition) is 2. The molecule has 0 bridgehead atoms. The number of nitrogens with one attached hydrogen (secondary N) is 1. The fraction of sp³-hybridized carbons (Fsp3) is 0.321. The topological polar surface area (TPSA) is 34.0 Å². The Morgan fingerprint density at radius 1 is 0.875 bits per heavy atom. The Morgan fingerprint density at radius 3 is 2.19 bits per heavy atom. The van der Waals surface area contributed by atoms with Crippen LogP contribution in [0.15, 0.2) is 84.9 Å². The lowest BCUT2D eigenvalue weighted by atomic mass is 9.95. The third kappa shape index (κ3) is 6.21. The van der Waals surface area contributed by atoms with E-state index in [0.29, 0.717) is 13.2 Å². The largest absolute Gasteiger partial charge is 0.489 e. The number of likely N-dealkylation sites (tertiary alicyclic amines) is 1. The van der Waals surface area contributed by atoms with Gasteiger partial charge in [0.15, 0.2) is 0 Å².